The maximum Gasteiger partial charge on any atom is 0.393 e. The highest BCUT2D eigenvalue weighted by molar-refractivity contribution is 7.10. The number of alkyl halides is 3. The first kappa shape index (κ1) is 25.7. The van der Waals surface area contributed by atoms with E-state index >= 15 is 0 Å². The van der Waals surface area contributed by atoms with Crippen LogP contribution in [0, 0.1) is 0 Å². The van der Waals surface area contributed by atoms with Crippen molar-refractivity contribution in [1.29, 1.82) is 0 Å². The van der Waals surface area contributed by atoms with Crippen LogP contribution in [0.4, 0.5) is 13.2 Å². The molecule has 1 aromatic heterocycles. The van der Waals surface area contributed by atoms with Gasteiger partial charge in [0.1, 0.15) is 6.61 Å². The van der Waals surface area contributed by atoms with Gasteiger partial charge in [0.2, 0.25) is 0 Å². The monoisotopic (exact) mass is 505 g/mol. The normalized spacial score (nSPS) is 18.9. The molecule has 1 aliphatic heterocycles. The summed E-state index contributed by atoms with van der Waals surface area (Å²) >= 11 is 1.68. The van der Waals surface area contributed by atoms with Gasteiger partial charge in [-0.15, -0.1) is 11.3 Å². The molecule has 0 N–H and O–H groups in total. The molecule has 188 valence electrons. The molecule has 1 unspecified atom stereocenters. The van der Waals surface area contributed by atoms with Gasteiger partial charge in [-0.1, -0.05) is 36.4 Å². The van der Waals surface area contributed by atoms with Crippen molar-refractivity contribution in [1.82, 2.24) is 4.90 Å². The summed E-state index contributed by atoms with van der Waals surface area (Å²) in [5.74, 6) is -0.333. The maximum atomic E-state index is 12.6. The van der Waals surface area contributed by atoms with Gasteiger partial charge in [0.15, 0.2) is 0 Å². The van der Waals surface area contributed by atoms with Crippen LogP contribution in [0.1, 0.15) is 36.6 Å². The number of hydrogen-bond acceptors (Lipinski definition) is 5. The molecule has 0 spiro atoms. The van der Waals surface area contributed by atoms with E-state index in [2.05, 4.69) is 28.5 Å². The Kier molecular flexibility index (Phi) is 8.46. The summed E-state index contributed by atoms with van der Waals surface area (Å²) in [6.07, 6.45) is 1.90. The van der Waals surface area contributed by atoms with Crippen LogP contribution >= 0.6 is 11.3 Å². The molecule has 0 saturated carbocycles. The fourth-order valence-electron chi connectivity index (χ4n) is 4.50. The van der Waals surface area contributed by atoms with E-state index in [-0.39, 0.29) is 24.2 Å². The Morgan fingerprint density at radius 2 is 1.86 bits per heavy atom. The summed E-state index contributed by atoms with van der Waals surface area (Å²) in [7, 11) is 0. The highest BCUT2D eigenvalue weighted by Gasteiger charge is 2.27. The molecular weight excluding hydrogens is 475 g/mol. The summed E-state index contributed by atoms with van der Waals surface area (Å²) in [6.45, 7) is 4.87. The zero-order chi connectivity index (χ0) is 24.8. The third kappa shape index (κ3) is 7.53. The van der Waals surface area contributed by atoms with Gasteiger partial charge in [-0.25, -0.2) is 4.79 Å². The first-order valence-corrected chi connectivity index (χ1v) is 12.8. The Labute approximate surface area is 208 Å². The second-order valence-electron chi connectivity index (χ2n) is 8.88. The van der Waals surface area contributed by atoms with Gasteiger partial charge in [0.05, 0.1) is 19.1 Å². The summed E-state index contributed by atoms with van der Waals surface area (Å²) in [5.41, 5.74) is 4.93. The summed E-state index contributed by atoms with van der Waals surface area (Å²) < 4.78 is 48.4. The number of hydrogen-bond donors (Lipinski definition) is 0. The Balaban J connectivity index is 1.31. The second-order valence-corrected chi connectivity index (χ2v) is 9.87. The number of benzene rings is 1. The largest absolute Gasteiger partial charge is 0.464 e. The Morgan fingerprint density at radius 3 is 2.57 bits per heavy atom. The molecule has 2 heterocycles. The van der Waals surface area contributed by atoms with Gasteiger partial charge in [-0.2, -0.15) is 13.2 Å². The minimum absolute atomic E-state index is 0.0245. The molecule has 2 aliphatic rings. The number of ether oxygens (including phenoxy) is 2. The van der Waals surface area contributed by atoms with Crippen LogP contribution < -0.4 is 0 Å². The van der Waals surface area contributed by atoms with Gasteiger partial charge < -0.3 is 9.47 Å². The van der Waals surface area contributed by atoms with Crippen LogP contribution in [-0.2, 0) is 27.2 Å². The van der Waals surface area contributed by atoms with E-state index in [0.717, 1.165) is 50.0 Å². The highest BCUT2D eigenvalue weighted by Crippen LogP contribution is 2.32. The predicted molar refractivity (Wildman–Crippen MR) is 131 cm³/mol. The van der Waals surface area contributed by atoms with Crippen LogP contribution in [0.25, 0.3) is 11.1 Å². The van der Waals surface area contributed by atoms with Gasteiger partial charge in [0, 0.05) is 24.5 Å². The number of carbonyl (C=O) groups is 1. The number of halogens is 3. The summed E-state index contributed by atoms with van der Waals surface area (Å²) in [5, 5.41) is 2.07. The fourth-order valence-corrected chi connectivity index (χ4v) is 5.43. The Morgan fingerprint density at radius 1 is 1.11 bits per heavy atom. The molecule has 0 radical (unpaired) electrons. The van der Waals surface area contributed by atoms with Gasteiger partial charge in [-0.3, -0.25) is 4.90 Å². The second kappa shape index (κ2) is 11.5. The lowest BCUT2D eigenvalue weighted by Crippen LogP contribution is -2.23. The van der Waals surface area contributed by atoms with Crippen molar-refractivity contribution in [2.24, 2.45) is 0 Å². The van der Waals surface area contributed by atoms with Crippen molar-refractivity contribution in [3.8, 4) is 11.1 Å². The number of rotatable bonds is 8. The maximum absolute atomic E-state index is 12.6. The molecule has 8 heteroatoms. The minimum Gasteiger partial charge on any atom is -0.464 e. The first-order valence-electron chi connectivity index (χ1n) is 11.9. The van der Waals surface area contributed by atoms with E-state index in [4.69, 9.17) is 9.47 Å². The lowest BCUT2D eigenvalue weighted by atomic mass is 9.93. The third-order valence-corrected chi connectivity index (χ3v) is 7.16. The molecule has 4 rings (SSSR count). The first-order chi connectivity index (χ1) is 16.8. The summed E-state index contributed by atoms with van der Waals surface area (Å²) in [4.78, 5) is 15.2. The van der Waals surface area contributed by atoms with Crippen molar-refractivity contribution >= 4 is 17.3 Å². The van der Waals surface area contributed by atoms with E-state index in [0.29, 0.717) is 6.61 Å². The zero-order valence-electron chi connectivity index (χ0n) is 19.8. The fraction of sp³-hybridized carbons (Fsp3) is 0.444. The molecule has 1 aromatic carbocycles. The lowest BCUT2D eigenvalue weighted by Gasteiger charge is -2.20. The van der Waals surface area contributed by atoms with E-state index < -0.39 is 12.6 Å². The Hall–Kier alpha value is -2.42. The molecule has 4 nitrogen and oxygen atoms in total. The number of nitrogens with zero attached hydrogens (tertiary/aromatic N) is 1. The van der Waals surface area contributed by atoms with Crippen molar-refractivity contribution in [2.75, 3.05) is 26.3 Å². The van der Waals surface area contributed by atoms with Gasteiger partial charge in [-0.05, 0) is 65.5 Å². The number of esters is 1. The third-order valence-electron chi connectivity index (χ3n) is 6.24. The van der Waals surface area contributed by atoms with Crippen molar-refractivity contribution in [3.63, 3.8) is 0 Å². The van der Waals surface area contributed by atoms with E-state index in [1.54, 1.807) is 42.5 Å². The molecule has 1 atom stereocenters. The van der Waals surface area contributed by atoms with Crippen LogP contribution in [0.15, 0.2) is 59.0 Å². The highest BCUT2D eigenvalue weighted by atomic mass is 32.1. The smallest absolute Gasteiger partial charge is 0.393 e. The number of fused-ring (bicyclic) bond motifs is 1. The molecule has 1 aliphatic carbocycles. The van der Waals surface area contributed by atoms with Crippen LogP contribution in [-0.4, -0.2) is 49.5 Å². The van der Waals surface area contributed by atoms with Crippen LogP contribution in [0.5, 0.6) is 0 Å². The lowest BCUT2D eigenvalue weighted by molar-refractivity contribution is -0.149. The van der Waals surface area contributed by atoms with Crippen molar-refractivity contribution < 1.29 is 27.4 Å². The minimum atomic E-state index is -4.19. The molecule has 1 fully saturated rings. The Bertz CT molecular complexity index is 1070. The number of thiophene rings is 1. The molecular formula is C27H30F3NO3S. The summed E-state index contributed by atoms with van der Waals surface area (Å²) in [6, 6.07) is 8.79. The predicted octanol–water partition coefficient (Wildman–Crippen LogP) is 6.32. The van der Waals surface area contributed by atoms with Gasteiger partial charge >= 0.3 is 12.1 Å². The molecule has 1 saturated heterocycles. The molecule has 0 bridgehead atoms. The van der Waals surface area contributed by atoms with Crippen LogP contribution in [0.3, 0.4) is 0 Å². The van der Waals surface area contributed by atoms with E-state index in [1.165, 1.54) is 16.0 Å². The average molecular weight is 506 g/mol. The van der Waals surface area contributed by atoms with Crippen molar-refractivity contribution in [3.05, 3.63) is 69.5 Å². The van der Waals surface area contributed by atoms with Crippen LogP contribution in [0.2, 0.25) is 0 Å². The SMILES string of the molecule is CCOC(=O)COC1C=C2CCN(Cc3cc(-c4ccc(CC(F)(F)F)cc4)cs3)CCC2=CC1. The number of carbonyl (C=O) groups excluding carboxylic acids is 1. The van der Waals surface area contributed by atoms with Crippen molar-refractivity contribution in [2.45, 2.75) is 51.4 Å². The van der Waals surface area contributed by atoms with E-state index in [1.807, 2.05) is 0 Å². The topological polar surface area (TPSA) is 38.8 Å². The molecule has 35 heavy (non-hydrogen) atoms. The standard InChI is InChI=1S/C27H30F3NO3S/c1-2-33-26(32)17-34-24-8-7-21-9-11-31(12-10-22(21)13-24)16-25-14-23(18-35-25)20-5-3-19(4-6-20)15-27(28,29)30/h3-7,13-14,18,24H,2,8-12,15-17H2,1H3. The average Bonchev–Trinajstić information content (AvgIpc) is 3.18. The van der Waals surface area contributed by atoms with E-state index in [9.17, 15) is 18.0 Å². The van der Waals surface area contributed by atoms with Gasteiger partial charge in [0.25, 0.3) is 0 Å². The molecule has 2 aromatic rings. The quantitative estimate of drug-likeness (QED) is 0.394. The zero-order valence-corrected chi connectivity index (χ0v) is 20.6. The number of likely N-dealkylation sites (tertiary alicyclic amines) is 1. The molecule has 0 amide bonds.